The lowest BCUT2D eigenvalue weighted by atomic mass is 10.2. The molecule has 2 rings (SSSR count). The van der Waals surface area contributed by atoms with Crippen LogP contribution in [0.1, 0.15) is 36.5 Å². The van der Waals surface area contributed by atoms with Gasteiger partial charge < -0.3 is 14.4 Å². The molecule has 0 fully saturated rings. The minimum Gasteiger partial charge on any atom is -0.478 e. The first kappa shape index (κ1) is 14.5. The number of nitrogens with zero attached hydrogens (tertiary/aromatic N) is 2. The van der Waals surface area contributed by atoms with E-state index < -0.39 is 5.97 Å². The molecule has 108 valence electrons. The second-order valence-electron chi connectivity index (χ2n) is 4.64. The van der Waals surface area contributed by atoms with Gasteiger partial charge in [0, 0.05) is 19.6 Å². The number of aromatic carboxylic acids is 1. The van der Waals surface area contributed by atoms with Crippen molar-refractivity contribution in [2.24, 2.45) is 0 Å². The Balaban J connectivity index is 2.43. The van der Waals surface area contributed by atoms with Gasteiger partial charge in [-0.2, -0.15) is 0 Å². The molecule has 5 heteroatoms. The molecular weight excluding hydrogens is 256 g/mol. The van der Waals surface area contributed by atoms with Crippen molar-refractivity contribution < 1.29 is 14.6 Å². The highest BCUT2D eigenvalue weighted by Crippen LogP contribution is 2.19. The number of aryl methyl sites for hydroxylation is 1. The van der Waals surface area contributed by atoms with Crippen molar-refractivity contribution in [2.75, 3.05) is 13.2 Å². The van der Waals surface area contributed by atoms with Gasteiger partial charge in [-0.05, 0) is 31.5 Å². The first-order valence-electron chi connectivity index (χ1n) is 6.97. The smallest absolute Gasteiger partial charge is 0.335 e. The Hall–Kier alpha value is -1.88. The molecule has 0 aliphatic rings. The van der Waals surface area contributed by atoms with Gasteiger partial charge in [0.05, 0.1) is 23.2 Å². The van der Waals surface area contributed by atoms with Crippen LogP contribution < -0.4 is 0 Å². The number of aromatic nitrogens is 2. The van der Waals surface area contributed by atoms with Crippen LogP contribution in [0, 0.1) is 0 Å². The number of carboxylic acids is 1. The van der Waals surface area contributed by atoms with E-state index >= 15 is 0 Å². The van der Waals surface area contributed by atoms with E-state index in [1.165, 1.54) is 0 Å². The first-order valence-corrected chi connectivity index (χ1v) is 6.97. The average molecular weight is 276 g/mol. The van der Waals surface area contributed by atoms with Gasteiger partial charge in [0.2, 0.25) is 0 Å². The third kappa shape index (κ3) is 2.99. The summed E-state index contributed by atoms with van der Waals surface area (Å²) >= 11 is 0. The number of carbonyl (C=O) groups is 1. The van der Waals surface area contributed by atoms with Crippen LogP contribution in [0.2, 0.25) is 0 Å². The number of benzene rings is 1. The molecule has 1 N–H and O–H groups in total. The zero-order valence-corrected chi connectivity index (χ0v) is 11.9. The SMILES string of the molecule is CCCc1nc2ccc(C(=O)O)cc2n1CCOCC. The maximum atomic E-state index is 11.1. The summed E-state index contributed by atoms with van der Waals surface area (Å²) in [6.45, 7) is 6.05. The number of hydrogen-bond acceptors (Lipinski definition) is 3. The molecular formula is C15H20N2O3. The van der Waals surface area contributed by atoms with Crippen molar-refractivity contribution in [3.05, 3.63) is 29.6 Å². The van der Waals surface area contributed by atoms with Crippen LogP contribution in [-0.2, 0) is 17.7 Å². The summed E-state index contributed by atoms with van der Waals surface area (Å²) in [4.78, 5) is 15.7. The highest BCUT2D eigenvalue weighted by atomic mass is 16.5. The van der Waals surface area contributed by atoms with Crippen molar-refractivity contribution in [1.82, 2.24) is 9.55 Å². The number of rotatable bonds is 7. The van der Waals surface area contributed by atoms with Gasteiger partial charge >= 0.3 is 5.97 Å². The Labute approximate surface area is 118 Å². The molecule has 0 bridgehead atoms. The molecule has 0 saturated carbocycles. The van der Waals surface area contributed by atoms with Crippen LogP contribution in [0.15, 0.2) is 18.2 Å². The molecule has 0 unspecified atom stereocenters. The summed E-state index contributed by atoms with van der Waals surface area (Å²) in [7, 11) is 0. The van der Waals surface area contributed by atoms with Crippen LogP contribution >= 0.6 is 0 Å². The third-order valence-corrected chi connectivity index (χ3v) is 3.21. The summed E-state index contributed by atoms with van der Waals surface area (Å²) < 4.78 is 7.47. The molecule has 1 heterocycles. The summed E-state index contributed by atoms with van der Waals surface area (Å²) in [5, 5.41) is 9.11. The van der Waals surface area contributed by atoms with E-state index in [9.17, 15) is 4.79 Å². The van der Waals surface area contributed by atoms with Crippen molar-refractivity contribution in [1.29, 1.82) is 0 Å². The van der Waals surface area contributed by atoms with E-state index in [0.717, 1.165) is 29.7 Å². The largest absolute Gasteiger partial charge is 0.478 e. The summed E-state index contributed by atoms with van der Waals surface area (Å²) in [5.41, 5.74) is 2.00. The molecule has 1 aromatic carbocycles. The summed E-state index contributed by atoms with van der Waals surface area (Å²) in [6.07, 6.45) is 1.88. The Morgan fingerprint density at radius 2 is 2.20 bits per heavy atom. The fraction of sp³-hybridized carbons (Fsp3) is 0.467. The van der Waals surface area contributed by atoms with Gasteiger partial charge in [-0.15, -0.1) is 0 Å². The quantitative estimate of drug-likeness (QED) is 0.790. The van der Waals surface area contributed by atoms with E-state index in [4.69, 9.17) is 9.84 Å². The van der Waals surface area contributed by atoms with E-state index in [1.54, 1.807) is 18.2 Å². The normalized spacial score (nSPS) is 11.1. The molecule has 0 aliphatic carbocycles. The Morgan fingerprint density at radius 1 is 1.40 bits per heavy atom. The maximum absolute atomic E-state index is 11.1. The predicted octanol–water partition coefficient (Wildman–Crippen LogP) is 2.72. The van der Waals surface area contributed by atoms with Crippen LogP contribution in [-0.4, -0.2) is 33.8 Å². The summed E-state index contributed by atoms with van der Waals surface area (Å²) in [5.74, 6) is 0.0752. The van der Waals surface area contributed by atoms with Gasteiger partial charge in [-0.25, -0.2) is 9.78 Å². The van der Waals surface area contributed by atoms with Crippen molar-refractivity contribution in [3.8, 4) is 0 Å². The molecule has 0 atom stereocenters. The van der Waals surface area contributed by atoms with Crippen LogP contribution in [0.3, 0.4) is 0 Å². The maximum Gasteiger partial charge on any atom is 0.335 e. The Morgan fingerprint density at radius 3 is 2.85 bits per heavy atom. The lowest BCUT2D eigenvalue weighted by Crippen LogP contribution is -2.09. The summed E-state index contributed by atoms with van der Waals surface area (Å²) in [6, 6.07) is 5.06. The molecule has 5 nitrogen and oxygen atoms in total. The standard InChI is InChI=1S/C15H20N2O3/c1-3-5-14-16-12-7-6-11(15(18)19)10-13(12)17(14)8-9-20-4-2/h6-7,10H,3-5,8-9H2,1-2H3,(H,18,19). The minimum atomic E-state index is -0.915. The molecule has 0 aliphatic heterocycles. The van der Waals surface area contributed by atoms with Crippen molar-refractivity contribution in [3.63, 3.8) is 0 Å². The van der Waals surface area contributed by atoms with Gasteiger partial charge in [0.15, 0.2) is 0 Å². The zero-order chi connectivity index (χ0) is 14.5. The van der Waals surface area contributed by atoms with Crippen molar-refractivity contribution in [2.45, 2.75) is 33.2 Å². The molecule has 20 heavy (non-hydrogen) atoms. The number of carboxylic acid groups (broad SMARTS) is 1. The fourth-order valence-electron chi connectivity index (χ4n) is 2.27. The van der Waals surface area contributed by atoms with E-state index in [2.05, 4.69) is 16.5 Å². The topological polar surface area (TPSA) is 64.3 Å². The van der Waals surface area contributed by atoms with E-state index in [1.807, 2.05) is 6.92 Å². The van der Waals surface area contributed by atoms with E-state index in [-0.39, 0.29) is 5.56 Å². The predicted molar refractivity (Wildman–Crippen MR) is 77.2 cm³/mol. The zero-order valence-electron chi connectivity index (χ0n) is 11.9. The number of fused-ring (bicyclic) bond motifs is 1. The van der Waals surface area contributed by atoms with Gasteiger partial charge in [0.25, 0.3) is 0 Å². The molecule has 2 aromatic rings. The number of hydrogen-bond donors (Lipinski definition) is 1. The second-order valence-corrected chi connectivity index (χ2v) is 4.64. The van der Waals surface area contributed by atoms with E-state index in [0.29, 0.717) is 19.8 Å². The Bertz CT molecular complexity index is 604. The Kier molecular flexibility index (Phi) is 4.74. The third-order valence-electron chi connectivity index (χ3n) is 3.21. The lowest BCUT2D eigenvalue weighted by molar-refractivity contribution is 0.0697. The number of ether oxygens (including phenoxy) is 1. The monoisotopic (exact) mass is 276 g/mol. The van der Waals surface area contributed by atoms with Crippen LogP contribution in [0.25, 0.3) is 11.0 Å². The van der Waals surface area contributed by atoms with Crippen LogP contribution in [0.4, 0.5) is 0 Å². The molecule has 0 spiro atoms. The minimum absolute atomic E-state index is 0.290. The van der Waals surface area contributed by atoms with Gasteiger partial charge in [0.1, 0.15) is 5.82 Å². The lowest BCUT2D eigenvalue weighted by Gasteiger charge is -2.09. The highest BCUT2D eigenvalue weighted by Gasteiger charge is 2.12. The average Bonchev–Trinajstić information content (AvgIpc) is 2.77. The molecule has 0 amide bonds. The molecule has 0 saturated heterocycles. The van der Waals surface area contributed by atoms with Gasteiger partial charge in [-0.1, -0.05) is 6.92 Å². The van der Waals surface area contributed by atoms with Crippen LogP contribution in [0.5, 0.6) is 0 Å². The van der Waals surface area contributed by atoms with Crippen molar-refractivity contribution >= 4 is 17.0 Å². The highest BCUT2D eigenvalue weighted by molar-refractivity contribution is 5.92. The fourth-order valence-corrected chi connectivity index (χ4v) is 2.27. The first-order chi connectivity index (χ1) is 9.67. The second kappa shape index (κ2) is 6.52. The number of imidazole rings is 1. The van der Waals surface area contributed by atoms with Gasteiger partial charge in [-0.3, -0.25) is 0 Å². The molecule has 1 aromatic heterocycles. The molecule has 0 radical (unpaired) electrons.